The van der Waals surface area contributed by atoms with E-state index < -0.39 is 11.8 Å². The topological polar surface area (TPSA) is 119 Å². The van der Waals surface area contributed by atoms with E-state index in [9.17, 15) is 9.18 Å². The molecule has 0 radical (unpaired) electrons. The second-order valence-corrected chi connectivity index (χ2v) is 5.91. The van der Waals surface area contributed by atoms with Gasteiger partial charge < -0.3 is 15.5 Å². The van der Waals surface area contributed by atoms with Crippen LogP contribution in [0.4, 0.5) is 10.1 Å². The van der Waals surface area contributed by atoms with Gasteiger partial charge in [0.1, 0.15) is 11.4 Å². The number of nitrogens with one attached hydrogen (secondary N) is 1. The van der Waals surface area contributed by atoms with E-state index in [1.54, 1.807) is 19.1 Å². The molecule has 3 aromatic rings. The van der Waals surface area contributed by atoms with Gasteiger partial charge in [-0.25, -0.2) is 24.2 Å². The van der Waals surface area contributed by atoms with Gasteiger partial charge in [0.15, 0.2) is 17.5 Å². The lowest BCUT2D eigenvalue weighted by atomic mass is 10.2. The van der Waals surface area contributed by atoms with Crippen LogP contribution in [0.2, 0.25) is 0 Å². The van der Waals surface area contributed by atoms with Crippen molar-refractivity contribution in [1.29, 1.82) is 0 Å². The van der Waals surface area contributed by atoms with Crippen LogP contribution in [0, 0.1) is 12.7 Å². The standard InChI is InChI=1S/C20H19FN6O2.2C2H6/c1-3-29-20(28)13-7-10-24-17(13)19(26-15-8-9-23-11-14(15)21)27-18(22)16-6-4-5-12(2)25-16;2*1-2/h4-11,24H,3H2,1-2H3,(H2,22,23,26,27);2*1-2H3. The second-order valence-electron chi connectivity index (χ2n) is 5.91. The Labute approximate surface area is 193 Å². The highest BCUT2D eigenvalue weighted by Gasteiger charge is 2.19. The first-order chi connectivity index (χ1) is 16.0. The predicted molar refractivity (Wildman–Crippen MR) is 130 cm³/mol. The smallest absolute Gasteiger partial charge is 0.340 e. The molecule has 0 aliphatic rings. The summed E-state index contributed by atoms with van der Waals surface area (Å²) >= 11 is 0. The monoisotopic (exact) mass is 454 g/mol. The largest absolute Gasteiger partial charge is 0.462 e. The SMILES string of the molecule is CC.CC.CCOC(=O)c1cc[nH]c1C(N=C(N)c1cccc(C)n1)=Nc1ccncc1F. The molecule has 3 N–H and O–H groups in total. The quantitative estimate of drug-likeness (QED) is 0.321. The van der Waals surface area contributed by atoms with E-state index >= 15 is 0 Å². The Kier molecular flexibility index (Phi) is 11.7. The summed E-state index contributed by atoms with van der Waals surface area (Å²) in [5.41, 5.74) is 7.74. The first kappa shape index (κ1) is 27.2. The molecule has 0 saturated carbocycles. The number of carbonyl (C=O) groups is 1. The van der Waals surface area contributed by atoms with E-state index in [4.69, 9.17) is 10.5 Å². The molecule has 0 atom stereocenters. The van der Waals surface area contributed by atoms with Gasteiger partial charge in [0.05, 0.1) is 24.1 Å². The summed E-state index contributed by atoms with van der Waals surface area (Å²) in [7, 11) is 0. The highest BCUT2D eigenvalue weighted by atomic mass is 19.1. The Morgan fingerprint density at radius 3 is 2.55 bits per heavy atom. The Bertz CT molecular complexity index is 1090. The number of aromatic nitrogens is 3. The highest BCUT2D eigenvalue weighted by molar-refractivity contribution is 6.14. The summed E-state index contributed by atoms with van der Waals surface area (Å²) in [4.78, 5) is 31.8. The van der Waals surface area contributed by atoms with E-state index in [-0.39, 0.29) is 35.2 Å². The lowest BCUT2D eigenvalue weighted by molar-refractivity contribution is 0.0526. The molecule has 3 heterocycles. The van der Waals surface area contributed by atoms with Gasteiger partial charge in [0.25, 0.3) is 0 Å². The maximum absolute atomic E-state index is 14.1. The number of rotatable bonds is 5. The minimum absolute atomic E-state index is 0.00367. The third-order valence-corrected chi connectivity index (χ3v) is 3.82. The molecule has 9 heteroatoms. The average Bonchev–Trinajstić information content (AvgIpc) is 3.33. The zero-order valence-electron chi connectivity index (χ0n) is 19.9. The van der Waals surface area contributed by atoms with E-state index in [1.807, 2.05) is 40.7 Å². The molecule has 33 heavy (non-hydrogen) atoms. The minimum Gasteiger partial charge on any atom is -0.462 e. The van der Waals surface area contributed by atoms with Gasteiger partial charge in [-0.2, -0.15) is 0 Å². The fourth-order valence-corrected chi connectivity index (χ4v) is 2.50. The van der Waals surface area contributed by atoms with Gasteiger partial charge in [0.2, 0.25) is 0 Å². The molecule has 0 aliphatic carbocycles. The van der Waals surface area contributed by atoms with Crippen molar-refractivity contribution >= 4 is 23.3 Å². The Hall–Kier alpha value is -3.88. The van der Waals surface area contributed by atoms with Gasteiger partial charge in [-0.15, -0.1) is 0 Å². The van der Waals surface area contributed by atoms with Crippen LogP contribution in [-0.4, -0.2) is 39.2 Å². The number of hydrogen-bond acceptors (Lipinski definition) is 5. The molecule has 176 valence electrons. The van der Waals surface area contributed by atoms with Crippen LogP contribution >= 0.6 is 0 Å². The van der Waals surface area contributed by atoms with Crippen molar-refractivity contribution in [2.45, 2.75) is 41.5 Å². The maximum Gasteiger partial charge on any atom is 0.340 e. The van der Waals surface area contributed by atoms with Crippen molar-refractivity contribution in [1.82, 2.24) is 15.0 Å². The first-order valence-electron chi connectivity index (χ1n) is 10.8. The molecule has 0 fully saturated rings. The highest BCUT2D eigenvalue weighted by Crippen LogP contribution is 2.19. The van der Waals surface area contributed by atoms with Crippen LogP contribution in [0.25, 0.3) is 0 Å². The minimum atomic E-state index is -0.642. The van der Waals surface area contributed by atoms with Gasteiger partial charge in [0, 0.05) is 18.1 Å². The van der Waals surface area contributed by atoms with Crippen molar-refractivity contribution in [2.24, 2.45) is 15.7 Å². The van der Waals surface area contributed by atoms with Crippen molar-refractivity contribution in [3.8, 4) is 0 Å². The van der Waals surface area contributed by atoms with Crippen LogP contribution in [0.3, 0.4) is 0 Å². The lowest BCUT2D eigenvalue weighted by Gasteiger charge is -2.07. The van der Waals surface area contributed by atoms with E-state index in [2.05, 4.69) is 24.9 Å². The number of aromatic amines is 1. The number of halogens is 1. The van der Waals surface area contributed by atoms with Gasteiger partial charge in [-0.1, -0.05) is 33.8 Å². The number of nitrogens with zero attached hydrogens (tertiary/aromatic N) is 4. The number of hydrogen-bond donors (Lipinski definition) is 2. The van der Waals surface area contributed by atoms with E-state index in [1.165, 1.54) is 24.5 Å². The number of ether oxygens (including phenoxy) is 1. The third-order valence-electron chi connectivity index (χ3n) is 3.82. The maximum atomic E-state index is 14.1. The second kappa shape index (κ2) is 14.2. The number of aryl methyl sites for hydroxylation is 1. The fraction of sp³-hybridized carbons (Fsp3) is 0.292. The van der Waals surface area contributed by atoms with E-state index in [0.717, 1.165) is 11.9 Å². The molecule has 0 saturated heterocycles. The first-order valence-corrected chi connectivity index (χ1v) is 10.8. The van der Waals surface area contributed by atoms with Gasteiger partial charge in [-0.3, -0.25) is 4.98 Å². The molecule has 3 aromatic heterocycles. The summed E-state index contributed by atoms with van der Waals surface area (Å²) in [6.07, 6.45) is 3.97. The van der Waals surface area contributed by atoms with Crippen LogP contribution < -0.4 is 5.73 Å². The number of esters is 1. The Morgan fingerprint density at radius 2 is 1.91 bits per heavy atom. The third kappa shape index (κ3) is 7.64. The van der Waals surface area contributed by atoms with Gasteiger partial charge >= 0.3 is 5.97 Å². The molecule has 0 spiro atoms. The Morgan fingerprint density at radius 1 is 1.18 bits per heavy atom. The van der Waals surface area contributed by atoms with Crippen LogP contribution in [0.5, 0.6) is 0 Å². The Balaban J connectivity index is 0.00000129. The molecular weight excluding hydrogens is 423 g/mol. The molecule has 0 aliphatic heterocycles. The number of H-pyrrole nitrogens is 1. The van der Waals surface area contributed by atoms with Crippen LogP contribution in [0.1, 0.15) is 62.1 Å². The predicted octanol–water partition coefficient (Wildman–Crippen LogP) is 4.97. The summed E-state index contributed by atoms with van der Waals surface area (Å²) in [5.74, 6) is -1.14. The average molecular weight is 455 g/mol. The fourth-order valence-electron chi connectivity index (χ4n) is 2.50. The number of carbonyl (C=O) groups excluding carboxylic acids is 1. The summed E-state index contributed by atoms with van der Waals surface area (Å²) in [6.45, 7) is 11.7. The van der Waals surface area contributed by atoms with E-state index in [0.29, 0.717) is 5.69 Å². The van der Waals surface area contributed by atoms with Crippen LogP contribution in [0.15, 0.2) is 58.9 Å². The molecule has 8 nitrogen and oxygen atoms in total. The van der Waals surface area contributed by atoms with Crippen molar-refractivity contribution in [3.63, 3.8) is 0 Å². The summed E-state index contributed by atoms with van der Waals surface area (Å²) in [5, 5.41) is 0. The normalized spacial score (nSPS) is 11.0. The van der Waals surface area contributed by atoms with Crippen molar-refractivity contribution < 1.29 is 13.9 Å². The van der Waals surface area contributed by atoms with Crippen LogP contribution in [-0.2, 0) is 4.74 Å². The molecular formula is C24H31FN6O2. The zero-order chi connectivity index (χ0) is 24.8. The number of nitrogens with two attached hydrogens (primary N) is 1. The molecule has 3 rings (SSSR count). The molecule has 0 bridgehead atoms. The zero-order valence-corrected chi connectivity index (χ0v) is 19.9. The molecule has 0 amide bonds. The number of amidine groups is 2. The van der Waals surface area contributed by atoms with Crippen molar-refractivity contribution in [3.05, 3.63) is 77.4 Å². The summed E-state index contributed by atoms with van der Waals surface area (Å²) < 4.78 is 19.2. The molecule has 0 unspecified atom stereocenters. The van der Waals surface area contributed by atoms with Crippen molar-refractivity contribution in [2.75, 3.05) is 6.61 Å². The molecule has 0 aromatic carbocycles. The van der Waals surface area contributed by atoms with Gasteiger partial charge in [-0.05, 0) is 38.1 Å². The lowest BCUT2D eigenvalue weighted by Crippen LogP contribution is -2.19. The summed E-state index contributed by atoms with van der Waals surface area (Å²) in [6, 6.07) is 8.22. The number of pyridine rings is 2. The number of aliphatic imine (C=N–C) groups is 2.